The minimum Gasteiger partial charge on any atom is -0.362 e. The molecule has 0 aromatic heterocycles. The Hall–Kier alpha value is -1.52. The van der Waals surface area contributed by atoms with Crippen molar-refractivity contribution in [3.63, 3.8) is 0 Å². The van der Waals surface area contributed by atoms with Gasteiger partial charge in [0, 0.05) is 23.7 Å². The summed E-state index contributed by atoms with van der Waals surface area (Å²) >= 11 is 7.28. The molecule has 0 spiro atoms. The Labute approximate surface area is 149 Å². The maximum Gasteiger partial charge on any atom is 0.170 e. The van der Waals surface area contributed by atoms with Crippen molar-refractivity contribution in [3.8, 4) is 0 Å². The minimum absolute atomic E-state index is 0.688. The van der Waals surface area contributed by atoms with Gasteiger partial charge in [-0.15, -0.1) is 0 Å². The maximum absolute atomic E-state index is 5.36. The van der Waals surface area contributed by atoms with Crippen molar-refractivity contribution >= 4 is 34.8 Å². The molecule has 0 bridgehead atoms. The quantitative estimate of drug-likeness (QED) is 0.579. The van der Waals surface area contributed by atoms with Crippen LogP contribution in [0.2, 0.25) is 0 Å². The minimum atomic E-state index is 0.688. The molecule has 0 heterocycles. The van der Waals surface area contributed by atoms with Crippen LogP contribution < -0.4 is 10.6 Å². The van der Waals surface area contributed by atoms with E-state index in [1.807, 2.05) is 11.8 Å². The molecule has 0 atom stereocenters. The van der Waals surface area contributed by atoms with E-state index in [0.29, 0.717) is 5.11 Å². The fourth-order valence-electron chi connectivity index (χ4n) is 2.35. The molecule has 0 radical (unpaired) electrons. The lowest BCUT2D eigenvalue weighted by molar-refractivity contribution is 0.989. The molecule has 23 heavy (non-hydrogen) atoms. The first-order valence-electron chi connectivity index (χ1n) is 7.80. The Kier molecular flexibility index (Phi) is 6.93. The van der Waals surface area contributed by atoms with Crippen molar-refractivity contribution in [2.24, 2.45) is 0 Å². The molecule has 2 rings (SSSR count). The van der Waals surface area contributed by atoms with Crippen molar-refractivity contribution in [1.29, 1.82) is 0 Å². The first-order chi connectivity index (χ1) is 11.0. The highest BCUT2D eigenvalue weighted by molar-refractivity contribution is 7.98. The largest absolute Gasteiger partial charge is 0.362 e. The summed E-state index contributed by atoms with van der Waals surface area (Å²) in [5.41, 5.74) is 6.24. The lowest BCUT2D eigenvalue weighted by atomic mass is 10.1. The Morgan fingerprint density at radius 2 is 1.83 bits per heavy atom. The second kappa shape index (κ2) is 8.94. The standard InChI is InChI=1S/C19H24N2S2/c1-14-5-4-6-17(12-14)13-23-10-9-20-19(22)21-18-8-7-15(2)11-16(18)3/h4-8,11-12H,9-10,13H2,1-3H3,(H2,20,21,22). The van der Waals surface area contributed by atoms with Crippen LogP contribution in [0.25, 0.3) is 0 Å². The van der Waals surface area contributed by atoms with Gasteiger partial charge in [0.2, 0.25) is 0 Å². The van der Waals surface area contributed by atoms with Crippen LogP contribution in [0.15, 0.2) is 42.5 Å². The number of rotatable bonds is 6. The van der Waals surface area contributed by atoms with E-state index in [1.54, 1.807) is 0 Å². The molecule has 0 amide bonds. The van der Waals surface area contributed by atoms with Gasteiger partial charge in [0.1, 0.15) is 0 Å². The first-order valence-corrected chi connectivity index (χ1v) is 9.36. The van der Waals surface area contributed by atoms with Gasteiger partial charge in [-0.25, -0.2) is 0 Å². The van der Waals surface area contributed by atoms with Crippen LogP contribution in [0.4, 0.5) is 5.69 Å². The van der Waals surface area contributed by atoms with E-state index in [9.17, 15) is 0 Å². The number of thiocarbonyl (C=S) groups is 1. The molecular formula is C19H24N2S2. The first kappa shape index (κ1) is 17.8. The average Bonchev–Trinajstić information content (AvgIpc) is 2.50. The molecule has 122 valence electrons. The van der Waals surface area contributed by atoms with Gasteiger partial charge in [-0.05, 0) is 50.2 Å². The van der Waals surface area contributed by atoms with Crippen LogP contribution in [0, 0.1) is 20.8 Å². The lowest BCUT2D eigenvalue weighted by Crippen LogP contribution is -2.30. The number of benzene rings is 2. The van der Waals surface area contributed by atoms with Gasteiger partial charge in [0.05, 0.1) is 0 Å². The second-order valence-corrected chi connectivity index (χ2v) is 7.25. The van der Waals surface area contributed by atoms with E-state index in [-0.39, 0.29) is 0 Å². The average molecular weight is 345 g/mol. The van der Waals surface area contributed by atoms with E-state index in [1.165, 1.54) is 22.3 Å². The predicted octanol–water partition coefficient (Wildman–Crippen LogP) is 4.83. The monoisotopic (exact) mass is 344 g/mol. The fourth-order valence-corrected chi connectivity index (χ4v) is 3.37. The summed E-state index contributed by atoms with van der Waals surface area (Å²) in [7, 11) is 0. The van der Waals surface area contributed by atoms with Crippen molar-refractivity contribution in [1.82, 2.24) is 5.32 Å². The van der Waals surface area contributed by atoms with Gasteiger partial charge in [-0.2, -0.15) is 11.8 Å². The number of thioether (sulfide) groups is 1. The SMILES string of the molecule is Cc1cccc(CSCCNC(=S)Nc2ccc(C)cc2C)c1. The normalized spacial score (nSPS) is 10.4. The number of anilines is 1. The zero-order valence-electron chi connectivity index (χ0n) is 14.0. The molecule has 0 fully saturated rings. The summed E-state index contributed by atoms with van der Waals surface area (Å²) in [6.07, 6.45) is 0. The number of aryl methyl sites for hydroxylation is 3. The molecule has 0 aliphatic carbocycles. The van der Waals surface area contributed by atoms with E-state index in [4.69, 9.17) is 12.2 Å². The highest BCUT2D eigenvalue weighted by atomic mass is 32.2. The van der Waals surface area contributed by atoms with Crippen LogP contribution in [-0.4, -0.2) is 17.4 Å². The molecule has 0 aliphatic rings. The van der Waals surface area contributed by atoms with Gasteiger partial charge in [0.25, 0.3) is 0 Å². The molecule has 2 N–H and O–H groups in total. The van der Waals surface area contributed by atoms with E-state index in [0.717, 1.165) is 23.7 Å². The zero-order valence-corrected chi connectivity index (χ0v) is 15.6. The summed E-state index contributed by atoms with van der Waals surface area (Å²) in [5, 5.41) is 7.22. The summed E-state index contributed by atoms with van der Waals surface area (Å²) in [4.78, 5) is 0. The highest BCUT2D eigenvalue weighted by Crippen LogP contribution is 2.16. The van der Waals surface area contributed by atoms with Crippen molar-refractivity contribution < 1.29 is 0 Å². The van der Waals surface area contributed by atoms with Gasteiger partial charge >= 0.3 is 0 Å². The zero-order chi connectivity index (χ0) is 16.7. The Bertz CT molecular complexity index is 668. The number of hydrogen-bond donors (Lipinski definition) is 2. The lowest BCUT2D eigenvalue weighted by Gasteiger charge is -2.13. The van der Waals surface area contributed by atoms with Gasteiger partial charge in [0.15, 0.2) is 5.11 Å². The van der Waals surface area contributed by atoms with Crippen LogP contribution in [-0.2, 0) is 5.75 Å². The van der Waals surface area contributed by atoms with E-state index < -0.39 is 0 Å². The Balaban J connectivity index is 1.67. The van der Waals surface area contributed by atoms with Crippen LogP contribution in [0.1, 0.15) is 22.3 Å². The van der Waals surface area contributed by atoms with Crippen LogP contribution in [0.5, 0.6) is 0 Å². The maximum atomic E-state index is 5.36. The molecule has 4 heteroatoms. The second-order valence-electron chi connectivity index (χ2n) is 5.74. The van der Waals surface area contributed by atoms with E-state index >= 15 is 0 Å². The third kappa shape index (κ3) is 6.24. The fraction of sp³-hybridized carbons (Fsp3) is 0.316. The summed E-state index contributed by atoms with van der Waals surface area (Å²) < 4.78 is 0. The smallest absolute Gasteiger partial charge is 0.170 e. The summed E-state index contributed by atoms with van der Waals surface area (Å²) in [5.74, 6) is 2.07. The highest BCUT2D eigenvalue weighted by Gasteiger charge is 2.01. The van der Waals surface area contributed by atoms with Crippen LogP contribution in [0.3, 0.4) is 0 Å². The molecule has 2 aromatic carbocycles. The van der Waals surface area contributed by atoms with Crippen molar-refractivity contribution in [2.75, 3.05) is 17.6 Å². The van der Waals surface area contributed by atoms with Crippen molar-refractivity contribution in [3.05, 3.63) is 64.7 Å². The van der Waals surface area contributed by atoms with Crippen LogP contribution >= 0.6 is 24.0 Å². The van der Waals surface area contributed by atoms with Crippen molar-refractivity contribution in [2.45, 2.75) is 26.5 Å². The Morgan fingerprint density at radius 3 is 2.57 bits per heavy atom. The molecular weight excluding hydrogens is 320 g/mol. The van der Waals surface area contributed by atoms with E-state index in [2.05, 4.69) is 73.9 Å². The van der Waals surface area contributed by atoms with Gasteiger partial charge in [-0.3, -0.25) is 0 Å². The summed E-state index contributed by atoms with van der Waals surface area (Å²) in [6, 6.07) is 15.0. The topological polar surface area (TPSA) is 24.1 Å². The number of hydrogen-bond acceptors (Lipinski definition) is 2. The molecule has 0 saturated carbocycles. The molecule has 0 aliphatic heterocycles. The van der Waals surface area contributed by atoms with Gasteiger partial charge in [-0.1, -0.05) is 47.5 Å². The predicted molar refractivity (Wildman–Crippen MR) is 107 cm³/mol. The molecule has 2 aromatic rings. The Morgan fingerprint density at radius 1 is 1.04 bits per heavy atom. The summed E-state index contributed by atoms with van der Waals surface area (Å²) in [6.45, 7) is 7.19. The number of nitrogens with one attached hydrogen (secondary N) is 2. The molecule has 0 saturated heterocycles. The molecule has 0 unspecified atom stereocenters. The molecule has 2 nitrogen and oxygen atoms in total. The van der Waals surface area contributed by atoms with Gasteiger partial charge < -0.3 is 10.6 Å². The third-order valence-electron chi connectivity index (χ3n) is 3.51. The third-order valence-corrected chi connectivity index (χ3v) is 4.79.